The van der Waals surface area contributed by atoms with Gasteiger partial charge >= 0.3 is 0 Å². The first-order chi connectivity index (χ1) is 13.5. The number of fused-ring (bicyclic) bond motifs is 2. The van der Waals surface area contributed by atoms with E-state index in [9.17, 15) is 13.2 Å². The Labute approximate surface area is 161 Å². The van der Waals surface area contributed by atoms with Crippen molar-refractivity contribution in [2.75, 3.05) is 19.6 Å². The Morgan fingerprint density at radius 1 is 1.25 bits per heavy atom. The molecule has 2 aromatic heterocycles. The van der Waals surface area contributed by atoms with Crippen molar-refractivity contribution in [1.82, 2.24) is 14.6 Å². The summed E-state index contributed by atoms with van der Waals surface area (Å²) in [5.41, 5.74) is -0.180. The van der Waals surface area contributed by atoms with Gasteiger partial charge in [0, 0.05) is 24.5 Å². The number of rotatable bonds is 1. The summed E-state index contributed by atoms with van der Waals surface area (Å²) in [7, 11) is -3.71. The Morgan fingerprint density at radius 3 is 2.96 bits per heavy atom. The number of likely N-dealkylation sites (tertiary alicyclic amines) is 1. The zero-order valence-corrected chi connectivity index (χ0v) is 15.6. The van der Waals surface area contributed by atoms with Gasteiger partial charge in [-0.15, -0.1) is 0 Å². The molecule has 1 atom stereocenters. The SMILES string of the molecule is O=C(c1cc2ccccc2o1)N1CCC2(CNS(=O)(=O)c3cnccc3O2)C1. The predicted octanol–water partition coefficient (Wildman–Crippen LogP) is 1.78. The fourth-order valence-corrected chi connectivity index (χ4v) is 4.90. The number of ether oxygens (including phenoxy) is 1. The maximum absolute atomic E-state index is 12.9. The number of amides is 1. The summed E-state index contributed by atoms with van der Waals surface area (Å²) in [6, 6.07) is 10.7. The van der Waals surface area contributed by atoms with Crippen molar-refractivity contribution in [3.05, 3.63) is 54.6 Å². The quantitative estimate of drug-likeness (QED) is 0.669. The van der Waals surface area contributed by atoms with E-state index in [0.717, 1.165) is 5.39 Å². The van der Waals surface area contributed by atoms with E-state index >= 15 is 0 Å². The molecular formula is C19H17N3O5S. The van der Waals surface area contributed by atoms with E-state index in [1.165, 1.54) is 18.5 Å². The first-order valence-corrected chi connectivity index (χ1v) is 10.3. The van der Waals surface area contributed by atoms with E-state index < -0.39 is 15.6 Å². The Morgan fingerprint density at radius 2 is 2.11 bits per heavy atom. The number of hydrogen-bond donors (Lipinski definition) is 1. The number of sulfonamides is 1. The van der Waals surface area contributed by atoms with Crippen molar-refractivity contribution in [3.8, 4) is 5.75 Å². The Hall–Kier alpha value is -2.91. The third kappa shape index (κ3) is 2.74. The van der Waals surface area contributed by atoms with Gasteiger partial charge in [-0.25, -0.2) is 13.1 Å². The number of carbonyl (C=O) groups is 1. The van der Waals surface area contributed by atoms with Gasteiger partial charge in [-0.05, 0) is 18.2 Å². The molecule has 144 valence electrons. The summed E-state index contributed by atoms with van der Waals surface area (Å²) < 4.78 is 39.3. The molecule has 4 heterocycles. The molecule has 1 amide bonds. The number of furan rings is 1. The van der Waals surface area contributed by atoms with Crippen LogP contribution in [-0.2, 0) is 10.0 Å². The predicted molar refractivity (Wildman–Crippen MR) is 99.5 cm³/mol. The molecule has 1 unspecified atom stereocenters. The first-order valence-electron chi connectivity index (χ1n) is 8.86. The molecule has 3 aromatic rings. The molecule has 2 aliphatic rings. The highest BCUT2D eigenvalue weighted by atomic mass is 32.2. The fraction of sp³-hybridized carbons (Fsp3) is 0.263. The molecule has 0 bridgehead atoms. The second-order valence-electron chi connectivity index (χ2n) is 7.06. The lowest BCUT2D eigenvalue weighted by Gasteiger charge is -2.28. The van der Waals surface area contributed by atoms with Crippen molar-refractivity contribution >= 4 is 26.9 Å². The second kappa shape index (κ2) is 6.05. The van der Waals surface area contributed by atoms with Crippen molar-refractivity contribution in [1.29, 1.82) is 0 Å². The number of benzene rings is 1. The lowest BCUT2D eigenvalue weighted by molar-refractivity contribution is 0.0614. The summed E-state index contributed by atoms with van der Waals surface area (Å²) in [4.78, 5) is 18.5. The van der Waals surface area contributed by atoms with Gasteiger partial charge in [0.25, 0.3) is 5.91 Å². The Kier molecular flexibility index (Phi) is 3.72. The highest BCUT2D eigenvalue weighted by Crippen LogP contribution is 2.35. The molecule has 1 aromatic carbocycles. The number of aromatic nitrogens is 1. The van der Waals surface area contributed by atoms with Crippen LogP contribution in [0.1, 0.15) is 17.0 Å². The van der Waals surface area contributed by atoms with Crippen LogP contribution in [0.5, 0.6) is 5.75 Å². The number of nitrogens with one attached hydrogen (secondary N) is 1. The minimum atomic E-state index is -3.71. The molecule has 0 aliphatic carbocycles. The molecule has 1 spiro atoms. The van der Waals surface area contributed by atoms with E-state index in [4.69, 9.17) is 9.15 Å². The molecule has 2 aliphatic heterocycles. The number of carbonyl (C=O) groups excluding carboxylic acids is 1. The number of hydrogen-bond acceptors (Lipinski definition) is 6. The molecule has 0 radical (unpaired) electrons. The molecule has 1 saturated heterocycles. The van der Waals surface area contributed by atoms with E-state index in [1.54, 1.807) is 11.0 Å². The molecule has 1 fully saturated rings. The van der Waals surface area contributed by atoms with Gasteiger partial charge in [-0.3, -0.25) is 9.78 Å². The van der Waals surface area contributed by atoms with Crippen molar-refractivity contribution < 1.29 is 22.4 Å². The molecule has 5 rings (SSSR count). The lowest BCUT2D eigenvalue weighted by Crippen LogP contribution is -2.48. The van der Waals surface area contributed by atoms with Crippen molar-refractivity contribution in [3.63, 3.8) is 0 Å². The van der Waals surface area contributed by atoms with E-state index in [1.807, 2.05) is 24.3 Å². The third-order valence-electron chi connectivity index (χ3n) is 5.19. The number of para-hydroxylation sites is 1. The smallest absolute Gasteiger partial charge is 0.289 e. The van der Waals surface area contributed by atoms with Gasteiger partial charge in [-0.1, -0.05) is 18.2 Å². The third-order valence-corrected chi connectivity index (χ3v) is 6.60. The summed E-state index contributed by atoms with van der Waals surface area (Å²) in [5, 5.41) is 0.861. The monoisotopic (exact) mass is 399 g/mol. The molecule has 8 nitrogen and oxygen atoms in total. The summed E-state index contributed by atoms with van der Waals surface area (Å²) >= 11 is 0. The van der Waals surface area contributed by atoms with E-state index in [2.05, 4.69) is 9.71 Å². The van der Waals surface area contributed by atoms with Gasteiger partial charge in [0.05, 0.1) is 19.3 Å². The normalized spacial score (nSPS) is 23.4. The van der Waals surface area contributed by atoms with Crippen LogP contribution in [0.3, 0.4) is 0 Å². The van der Waals surface area contributed by atoms with Gasteiger partial charge in [-0.2, -0.15) is 0 Å². The Bertz CT molecular complexity index is 1160. The minimum Gasteiger partial charge on any atom is -0.482 e. The molecule has 1 N–H and O–H groups in total. The number of nitrogens with zero attached hydrogens (tertiary/aromatic N) is 2. The maximum Gasteiger partial charge on any atom is 0.289 e. The van der Waals surface area contributed by atoms with Crippen LogP contribution in [0, 0.1) is 0 Å². The summed E-state index contributed by atoms with van der Waals surface area (Å²) in [6.45, 7) is 0.777. The molecule has 28 heavy (non-hydrogen) atoms. The van der Waals surface area contributed by atoms with Crippen LogP contribution in [-0.4, -0.2) is 49.4 Å². The average molecular weight is 399 g/mol. The van der Waals surface area contributed by atoms with Crippen molar-refractivity contribution in [2.24, 2.45) is 0 Å². The standard InChI is InChI=1S/C19H17N3O5S/c23-18(16-9-13-3-1-2-4-14(13)26-16)22-8-6-19(12-22)11-21-28(24,25)17-10-20-7-5-15(17)27-19/h1-5,7,9-10,21H,6,8,11-12H2. The van der Waals surface area contributed by atoms with E-state index in [0.29, 0.717) is 18.5 Å². The Balaban J connectivity index is 1.43. The fourth-order valence-electron chi connectivity index (χ4n) is 3.72. The summed E-state index contributed by atoms with van der Waals surface area (Å²) in [5.74, 6) is 0.272. The maximum atomic E-state index is 12.9. The zero-order valence-electron chi connectivity index (χ0n) is 14.8. The van der Waals surface area contributed by atoms with Gasteiger partial charge in [0.15, 0.2) is 5.76 Å². The van der Waals surface area contributed by atoms with Gasteiger partial charge in [0.1, 0.15) is 21.8 Å². The van der Waals surface area contributed by atoms with E-state index in [-0.39, 0.29) is 35.4 Å². The van der Waals surface area contributed by atoms with Gasteiger partial charge < -0.3 is 14.1 Å². The largest absolute Gasteiger partial charge is 0.482 e. The average Bonchev–Trinajstić information content (AvgIpc) is 3.28. The second-order valence-corrected chi connectivity index (χ2v) is 8.79. The molecule has 9 heteroatoms. The zero-order chi connectivity index (χ0) is 19.4. The lowest BCUT2D eigenvalue weighted by atomic mass is 10.0. The number of pyridine rings is 1. The van der Waals surface area contributed by atoms with Crippen LogP contribution >= 0.6 is 0 Å². The van der Waals surface area contributed by atoms with Crippen LogP contribution in [0.15, 0.2) is 58.1 Å². The van der Waals surface area contributed by atoms with Crippen LogP contribution in [0.25, 0.3) is 11.0 Å². The molecular weight excluding hydrogens is 382 g/mol. The van der Waals surface area contributed by atoms with Crippen LogP contribution in [0.2, 0.25) is 0 Å². The topological polar surface area (TPSA) is 102 Å². The first kappa shape index (κ1) is 17.2. The molecule has 0 saturated carbocycles. The summed E-state index contributed by atoms with van der Waals surface area (Å²) in [6.07, 6.45) is 3.26. The van der Waals surface area contributed by atoms with Crippen molar-refractivity contribution in [2.45, 2.75) is 16.9 Å². The van der Waals surface area contributed by atoms with Crippen LogP contribution in [0.4, 0.5) is 0 Å². The minimum absolute atomic E-state index is 0.00827. The highest BCUT2D eigenvalue weighted by molar-refractivity contribution is 7.89. The van der Waals surface area contributed by atoms with Gasteiger partial charge in [0.2, 0.25) is 10.0 Å². The van der Waals surface area contributed by atoms with Crippen LogP contribution < -0.4 is 9.46 Å². The highest BCUT2D eigenvalue weighted by Gasteiger charge is 2.46.